The van der Waals surface area contributed by atoms with E-state index in [9.17, 15) is 17.6 Å². The van der Waals surface area contributed by atoms with Gasteiger partial charge in [0.1, 0.15) is 5.75 Å². The number of hydrogen-bond donors (Lipinski definition) is 0. The van der Waals surface area contributed by atoms with E-state index in [-0.39, 0.29) is 5.75 Å². The minimum absolute atomic E-state index is 0.202. The van der Waals surface area contributed by atoms with E-state index in [0.29, 0.717) is 6.07 Å². The molecule has 1 aliphatic rings. The molecule has 1 fully saturated rings. The summed E-state index contributed by atoms with van der Waals surface area (Å²) in [5.41, 5.74) is -1.62. The highest BCUT2D eigenvalue weighted by Crippen LogP contribution is 2.37. The summed E-state index contributed by atoms with van der Waals surface area (Å²) in [4.78, 5) is 0. The third-order valence-electron chi connectivity index (χ3n) is 4.90. The molecule has 0 amide bonds. The van der Waals surface area contributed by atoms with Gasteiger partial charge in [-0.1, -0.05) is 18.2 Å². The highest BCUT2D eigenvalue weighted by Gasteiger charge is 2.51. The topological polar surface area (TPSA) is 27.7 Å². The molecule has 3 rings (SSSR count). The summed E-state index contributed by atoms with van der Waals surface area (Å²) in [7, 11) is -0.575. The maximum atomic E-state index is 14.1. The Labute approximate surface area is 155 Å². The molecule has 0 aromatic heterocycles. The minimum Gasteiger partial charge on any atom is -0.454 e. The Morgan fingerprint density at radius 2 is 1.44 bits per heavy atom. The van der Waals surface area contributed by atoms with Gasteiger partial charge in [0.2, 0.25) is 0 Å². The molecule has 0 atom stereocenters. The average Bonchev–Trinajstić information content (AvgIpc) is 2.77. The van der Waals surface area contributed by atoms with E-state index < -0.39 is 41.6 Å². The van der Waals surface area contributed by atoms with Gasteiger partial charge in [-0.05, 0) is 57.4 Å². The Bertz CT molecular complexity index is 816. The maximum Gasteiger partial charge on any atom is 0.494 e. The number of benzene rings is 2. The molecule has 2 aromatic rings. The SMILES string of the molecule is CC1(C)OB(c2ccc(Oc3cccc(C(F)(F)F)c3F)cc2)OC1(C)C. The monoisotopic (exact) mass is 382 g/mol. The van der Waals surface area contributed by atoms with Gasteiger partial charge in [0.25, 0.3) is 0 Å². The quantitative estimate of drug-likeness (QED) is 0.556. The fourth-order valence-corrected chi connectivity index (χ4v) is 2.61. The first-order valence-corrected chi connectivity index (χ1v) is 8.40. The van der Waals surface area contributed by atoms with E-state index in [1.165, 1.54) is 12.1 Å². The van der Waals surface area contributed by atoms with Crippen LogP contribution < -0.4 is 10.2 Å². The van der Waals surface area contributed by atoms with Crippen LogP contribution in [0.4, 0.5) is 17.6 Å². The zero-order valence-corrected chi connectivity index (χ0v) is 15.4. The molecule has 8 heteroatoms. The van der Waals surface area contributed by atoms with Crippen LogP contribution in [0.2, 0.25) is 0 Å². The van der Waals surface area contributed by atoms with Gasteiger partial charge < -0.3 is 14.0 Å². The van der Waals surface area contributed by atoms with Crippen LogP contribution in [0.1, 0.15) is 33.3 Å². The molecule has 1 heterocycles. The van der Waals surface area contributed by atoms with Crippen LogP contribution in [0.25, 0.3) is 0 Å². The summed E-state index contributed by atoms with van der Waals surface area (Å²) in [5, 5.41) is 0. The van der Waals surface area contributed by atoms with Crippen LogP contribution in [-0.4, -0.2) is 18.3 Å². The van der Waals surface area contributed by atoms with Crippen molar-refractivity contribution in [1.29, 1.82) is 0 Å². The van der Waals surface area contributed by atoms with Crippen LogP contribution in [0.15, 0.2) is 42.5 Å². The molecule has 0 aliphatic carbocycles. The fraction of sp³-hybridized carbons (Fsp3) is 0.368. The van der Waals surface area contributed by atoms with Gasteiger partial charge in [0, 0.05) is 0 Å². The Morgan fingerprint density at radius 1 is 0.889 bits per heavy atom. The highest BCUT2D eigenvalue weighted by atomic mass is 19.4. The summed E-state index contributed by atoms with van der Waals surface area (Å²) < 4.78 is 69.6. The highest BCUT2D eigenvalue weighted by molar-refractivity contribution is 6.62. The molecule has 0 spiro atoms. The predicted molar refractivity (Wildman–Crippen MR) is 93.6 cm³/mol. The third-order valence-corrected chi connectivity index (χ3v) is 4.90. The van der Waals surface area contributed by atoms with E-state index in [0.717, 1.165) is 17.6 Å². The van der Waals surface area contributed by atoms with Crippen molar-refractivity contribution in [2.24, 2.45) is 0 Å². The summed E-state index contributed by atoms with van der Waals surface area (Å²) in [6.45, 7) is 7.73. The molecule has 27 heavy (non-hydrogen) atoms. The Morgan fingerprint density at radius 3 is 1.96 bits per heavy atom. The van der Waals surface area contributed by atoms with Crippen molar-refractivity contribution in [2.75, 3.05) is 0 Å². The second-order valence-corrected chi connectivity index (χ2v) is 7.37. The van der Waals surface area contributed by atoms with Crippen LogP contribution in [0, 0.1) is 5.82 Å². The van der Waals surface area contributed by atoms with Crippen molar-refractivity contribution >= 4 is 12.6 Å². The molecule has 2 aromatic carbocycles. The van der Waals surface area contributed by atoms with Crippen molar-refractivity contribution < 1.29 is 31.6 Å². The Hall–Kier alpha value is -2.06. The number of halogens is 4. The van der Waals surface area contributed by atoms with Crippen molar-refractivity contribution in [3.05, 3.63) is 53.8 Å². The molecular weight excluding hydrogens is 363 g/mol. The Kier molecular flexibility index (Phi) is 4.76. The molecule has 144 valence electrons. The van der Waals surface area contributed by atoms with Gasteiger partial charge in [0.05, 0.1) is 16.8 Å². The largest absolute Gasteiger partial charge is 0.494 e. The number of hydrogen-bond acceptors (Lipinski definition) is 3. The summed E-state index contributed by atoms with van der Waals surface area (Å²) in [5.74, 6) is -1.73. The van der Waals surface area contributed by atoms with Crippen molar-refractivity contribution in [2.45, 2.75) is 45.1 Å². The lowest BCUT2D eigenvalue weighted by molar-refractivity contribution is -0.140. The van der Waals surface area contributed by atoms with Crippen molar-refractivity contribution in [3.8, 4) is 11.5 Å². The van der Waals surface area contributed by atoms with Gasteiger partial charge in [-0.2, -0.15) is 13.2 Å². The van der Waals surface area contributed by atoms with E-state index in [2.05, 4.69) is 0 Å². The molecule has 3 nitrogen and oxygen atoms in total. The summed E-state index contributed by atoms with van der Waals surface area (Å²) >= 11 is 0. The van der Waals surface area contributed by atoms with Gasteiger partial charge in [-0.25, -0.2) is 4.39 Å². The zero-order chi connectivity index (χ0) is 20.0. The normalized spacial score (nSPS) is 18.6. The average molecular weight is 382 g/mol. The standard InChI is InChI=1S/C19H19BF4O3/c1-17(2)18(3,4)27-20(26-17)12-8-10-13(11-9-12)25-15-7-5-6-14(16(15)21)19(22,23)24/h5-11H,1-4H3. The summed E-state index contributed by atoms with van der Waals surface area (Å²) in [6, 6.07) is 9.31. The van der Waals surface area contributed by atoms with Crippen LogP contribution in [-0.2, 0) is 15.5 Å². The number of rotatable bonds is 3. The van der Waals surface area contributed by atoms with E-state index in [4.69, 9.17) is 14.0 Å². The van der Waals surface area contributed by atoms with Gasteiger partial charge in [0.15, 0.2) is 11.6 Å². The van der Waals surface area contributed by atoms with Gasteiger partial charge in [-0.3, -0.25) is 0 Å². The van der Waals surface area contributed by atoms with Crippen LogP contribution in [0.5, 0.6) is 11.5 Å². The van der Waals surface area contributed by atoms with E-state index in [1.807, 2.05) is 27.7 Å². The zero-order valence-electron chi connectivity index (χ0n) is 15.4. The first-order valence-electron chi connectivity index (χ1n) is 8.40. The molecular formula is C19H19BF4O3. The molecule has 0 radical (unpaired) electrons. The number of alkyl halides is 3. The minimum atomic E-state index is -4.79. The smallest absolute Gasteiger partial charge is 0.454 e. The first kappa shape index (κ1) is 19.7. The second kappa shape index (κ2) is 6.53. The first-order chi connectivity index (χ1) is 12.4. The van der Waals surface area contributed by atoms with E-state index >= 15 is 0 Å². The van der Waals surface area contributed by atoms with Crippen molar-refractivity contribution in [1.82, 2.24) is 0 Å². The van der Waals surface area contributed by atoms with Crippen LogP contribution in [0.3, 0.4) is 0 Å². The summed E-state index contributed by atoms with van der Waals surface area (Å²) in [6.07, 6.45) is -4.79. The van der Waals surface area contributed by atoms with Gasteiger partial charge >= 0.3 is 13.3 Å². The molecule has 1 saturated heterocycles. The Balaban J connectivity index is 1.78. The number of ether oxygens (including phenoxy) is 1. The van der Waals surface area contributed by atoms with Gasteiger partial charge in [-0.15, -0.1) is 0 Å². The van der Waals surface area contributed by atoms with Crippen LogP contribution >= 0.6 is 0 Å². The lowest BCUT2D eigenvalue weighted by Gasteiger charge is -2.32. The molecule has 0 saturated carbocycles. The fourth-order valence-electron chi connectivity index (χ4n) is 2.61. The molecule has 0 bridgehead atoms. The lowest BCUT2D eigenvalue weighted by Crippen LogP contribution is -2.41. The molecule has 0 N–H and O–H groups in total. The predicted octanol–water partition coefficient (Wildman–Crippen LogP) is 4.94. The third kappa shape index (κ3) is 3.82. The lowest BCUT2D eigenvalue weighted by atomic mass is 9.79. The molecule has 1 aliphatic heterocycles. The molecule has 0 unspecified atom stereocenters. The van der Waals surface area contributed by atoms with Crippen molar-refractivity contribution in [3.63, 3.8) is 0 Å². The van der Waals surface area contributed by atoms with E-state index in [1.54, 1.807) is 12.1 Å². The maximum absolute atomic E-state index is 14.1. The second-order valence-electron chi connectivity index (χ2n) is 7.37.